The number of rotatable bonds is 6. The van der Waals surface area contributed by atoms with Gasteiger partial charge in [0.25, 0.3) is 0 Å². The van der Waals surface area contributed by atoms with Gasteiger partial charge in [-0.05, 0) is 25.7 Å². The Hall–Kier alpha value is -4.22. The lowest BCUT2D eigenvalue weighted by Crippen LogP contribution is -2.54. The molecular formula is C34H28Cl2N4O6. The molecule has 0 amide bonds. The Morgan fingerprint density at radius 3 is 1.52 bits per heavy atom. The van der Waals surface area contributed by atoms with Gasteiger partial charge in [-0.2, -0.15) is 0 Å². The molecule has 0 radical (unpaired) electrons. The van der Waals surface area contributed by atoms with Crippen LogP contribution in [0.1, 0.15) is 49.9 Å². The molecule has 2 aromatic carbocycles. The van der Waals surface area contributed by atoms with Crippen LogP contribution in [-0.4, -0.2) is 45.8 Å². The van der Waals surface area contributed by atoms with Crippen LogP contribution < -0.4 is 10.6 Å². The largest absolute Gasteiger partial charge is 0.431 e. The van der Waals surface area contributed by atoms with E-state index in [4.69, 9.17) is 41.7 Å². The normalized spacial score (nSPS) is 26.8. The van der Waals surface area contributed by atoms with Gasteiger partial charge in [-0.15, -0.1) is 0 Å². The third-order valence-electron chi connectivity index (χ3n) is 9.12. The van der Waals surface area contributed by atoms with Gasteiger partial charge in [0.2, 0.25) is 0 Å². The van der Waals surface area contributed by atoms with E-state index in [1.165, 1.54) is 0 Å². The second-order valence-corrected chi connectivity index (χ2v) is 13.0. The number of fused-ring (bicyclic) bond motifs is 4. The SMILES string of the molecule is O=C(OC12CCC(CC(Cl)=C1c1cc(-c3ccccc3)on1)N2)C(=O)OC12CCC(CC(Cl)=C1c1cc(-c3ccccc3)on1)N2. The molecule has 234 valence electrons. The molecule has 6 heterocycles. The number of nitrogens with zero attached hydrogens (tertiary/aromatic N) is 2. The zero-order valence-electron chi connectivity index (χ0n) is 24.4. The molecule has 10 nitrogen and oxygen atoms in total. The quantitative estimate of drug-likeness (QED) is 0.178. The number of carbonyl (C=O) groups is 2. The number of esters is 2. The molecule has 0 spiro atoms. The minimum absolute atomic E-state index is 0.0333. The van der Waals surface area contributed by atoms with Gasteiger partial charge in [0, 0.05) is 58.2 Å². The van der Waals surface area contributed by atoms with E-state index in [1.54, 1.807) is 12.1 Å². The number of halogens is 2. The summed E-state index contributed by atoms with van der Waals surface area (Å²) < 4.78 is 23.3. The van der Waals surface area contributed by atoms with E-state index in [0.29, 0.717) is 82.6 Å². The van der Waals surface area contributed by atoms with Crippen molar-refractivity contribution >= 4 is 46.3 Å². The zero-order valence-corrected chi connectivity index (χ0v) is 25.9. The fourth-order valence-electron chi connectivity index (χ4n) is 7.10. The molecule has 2 aromatic heterocycles. The summed E-state index contributed by atoms with van der Waals surface area (Å²) in [5.41, 5.74) is 0.658. The maximum atomic E-state index is 13.6. The number of nitrogens with one attached hydrogen (secondary N) is 2. The molecule has 4 bridgehead atoms. The Bertz CT molecular complexity index is 1770. The van der Waals surface area contributed by atoms with E-state index in [9.17, 15) is 9.59 Å². The first kappa shape index (κ1) is 29.2. The first-order valence-electron chi connectivity index (χ1n) is 15.2. The molecular weight excluding hydrogens is 631 g/mol. The van der Waals surface area contributed by atoms with Crippen LogP contribution in [0.2, 0.25) is 0 Å². The summed E-state index contributed by atoms with van der Waals surface area (Å²) in [6, 6.07) is 22.5. The summed E-state index contributed by atoms with van der Waals surface area (Å²) >= 11 is 13.6. The molecule has 12 heteroatoms. The number of carbonyl (C=O) groups excluding carboxylic acids is 2. The summed E-state index contributed by atoms with van der Waals surface area (Å²) in [4.78, 5) is 27.2. The van der Waals surface area contributed by atoms with Gasteiger partial charge in [-0.3, -0.25) is 10.6 Å². The molecule has 46 heavy (non-hydrogen) atoms. The molecule has 8 rings (SSSR count). The predicted octanol–water partition coefficient (Wildman–Crippen LogP) is 6.39. The van der Waals surface area contributed by atoms with Crippen LogP contribution in [-0.2, 0) is 19.1 Å². The van der Waals surface area contributed by atoms with Crippen molar-refractivity contribution in [3.05, 3.63) is 94.2 Å². The average Bonchev–Trinajstić information content (AvgIpc) is 3.86. The van der Waals surface area contributed by atoms with Crippen LogP contribution in [0.15, 0.2) is 91.9 Å². The summed E-state index contributed by atoms with van der Waals surface area (Å²) in [6.45, 7) is 0. The minimum atomic E-state index is -1.39. The Morgan fingerprint density at radius 1 is 0.696 bits per heavy atom. The van der Waals surface area contributed by atoms with Gasteiger partial charge in [-0.1, -0.05) is 94.2 Å². The van der Waals surface area contributed by atoms with Crippen molar-refractivity contribution in [3.8, 4) is 22.6 Å². The van der Waals surface area contributed by atoms with Crippen LogP contribution in [0.5, 0.6) is 0 Å². The van der Waals surface area contributed by atoms with E-state index in [2.05, 4.69) is 20.9 Å². The molecule has 4 unspecified atom stereocenters. The number of hydrogen-bond donors (Lipinski definition) is 2. The molecule has 4 aromatic rings. The third-order valence-corrected chi connectivity index (χ3v) is 9.80. The summed E-state index contributed by atoms with van der Waals surface area (Å²) in [7, 11) is 0. The summed E-state index contributed by atoms with van der Waals surface area (Å²) in [5, 5.41) is 16.2. The molecule has 2 saturated heterocycles. The van der Waals surface area contributed by atoms with Crippen molar-refractivity contribution in [2.45, 2.75) is 62.1 Å². The number of ether oxygens (including phenoxy) is 2. The summed E-state index contributed by atoms with van der Waals surface area (Å²) in [6.07, 6.45) is 3.18. The third kappa shape index (κ3) is 4.96. The van der Waals surface area contributed by atoms with E-state index in [-0.39, 0.29) is 12.1 Å². The van der Waals surface area contributed by atoms with Crippen LogP contribution in [0, 0.1) is 0 Å². The highest BCUT2D eigenvalue weighted by atomic mass is 35.5. The zero-order chi connectivity index (χ0) is 31.5. The van der Waals surface area contributed by atoms with Crippen LogP contribution in [0.4, 0.5) is 0 Å². The molecule has 2 N–H and O–H groups in total. The molecule has 2 fully saturated rings. The van der Waals surface area contributed by atoms with E-state index < -0.39 is 23.4 Å². The van der Waals surface area contributed by atoms with Gasteiger partial charge in [0.15, 0.2) is 23.0 Å². The summed E-state index contributed by atoms with van der Waals surface area (Å²) in [5.74, 6) is -1.28. The lowest BCUT2D eigenvalue weighted by Gasteiger charge is -2.37. The van der Waals surface area contributed by atoms with Crippen molar-refractivity contribution in [2.75, 3.05) is 0 Å². The van der Waals surface area contributed by atoms with Crippen LogP contribution >= 0.6 is 23.2 Å². The molecule has 4 aliphatic heterocycles. The number of aromatic nitrogens is 2. The van der Waals surface area contributed by atoms with Gasteiger partial charge in [0.1, 0.15) is 11.4 Å². The number of hydrogen-bond acceptors (Lipinski definition) is 10. The minimum Gasteiger partial charge on any atom is -0.431 e. The van der Waals surface area contributed by atoms with Crippen molar-refractivity contribution in [3.63, 3.8) is 0 Å². The van der Waals surface area contributed by atoms with Crippen molar-refractivity contribution in [1.29, 1.82) is 0 Å². The van der Waals surface area contributed by atoms with Gasteiger partial charge < -0.3 is 18.5 Å². The van der Waals surface area contributed by atoms with E-state index in [0.717, 1.165) is 11.1 Å². The van der Waals surface area contributed by atoms with Gasteiger partial charge >= 0.3 is 11.9 Å². The Balaban J connectivity index is 1.07. The molecule has 4 aliphatic rings. The second kappa shape index (κ2) is 11.2. The highest BCUT2D eigenvalue weighted by molar-refractivity contribution is 6.34. The van der Waals surface area contributed by atoms with Gasteiger partial charge in [0.05, 0.1) is 11.1 Å². The lowest BCUT2D eigenvalue weighted by atomic mass is 9.95. The molecule has 0 aliphatic carbocycles. The van der Waals surface area contributed by atoms with E-state index in [1.807, 2.05) is 60.7 Å². The maximum absolute atomic E-state index is 13.6. The standard InChI is InChI=1S/C34H28Cl2N4O6/c35-23-15-21-11-13-33(37-21,29(23)25-17-27(45-39-25)19-7-3-1-4-8-19)43-31(41)32(42)44-34-14-12-22(38-34)16-24(36)30(34)26-18-28(46-40-26)20-9-5-2-6-10-20/h1-10,17-18,21-22,37-38H,11-16H2. The maximum Gasteiger partial charge on any atom is 0.419 e. The second-order valence-electron chi connectivity index (χ2n) is 12.0. The highest BCUT2D eigenvalue weighted by Crippen LogP contribution is 2.49. The Labute approximate surface area is 273 Å². The fraction of sp³-hybridized carbons (Fsp3) is 0.294. The number of benzene rings is 2. The predicted molar refractivity (Wildman–Crippen MR) is 169 cm³/mol. The van der Waals surface area contributed by atoms with E-state index >= 15 is 0 Å². The van der Waals surface area contributed by atoms with Crippen molar-refractivity contribution < 1.29 is 28.1 Å². The first-order chi connectivity index (χ1) is 22.3. The van der Waals surface area contributed by atoms with Crippen molar-refractivity contribution in [1.82, 2.24) is 20.9 Å². The Kier molecular flexibility index (Phi) is 7.13. The highest BCUT2D eigenvalue weighted by Gasteiger charge is 2.55. The topological polar surface area (TPSA) is 129 Å². The molecule has 4 atom stereocenters. The smallest absolute Gasteiger partial charge is 0.419 e. The van der Waals surface area contributed by atoms with Crippen molar-refractivity contribution in [2.24, 2.45) is 0 Å². The Morgan fingerprint density at radius 2 is 1.11 bits per heavy atom. The first-order valence-corrected chi connectivity index (χ1v) is 15.9. The van der Waals surface area contributed by atoms with Crippen LogP contribution in [0.25, 0.3) is 33.8 Å². The monoisotopic (exact) mass is 658 g/mol. The van der Waals surface area contributed by atoms with Gasteiger partial charge in [-0.25, -0.2) is 9.59 Å². The fourth-order valence-corrected chi connectivity index (χ4v) is 7.97. The van der Waals surface area contributed by atoms with Crippen LogP contribution in [0.3, 0.4) is 0 Å². The lowest BCUT2D eigenvalue weighted by molar-refractivity contribution is -0.182. The molecule has 0 saturated carbocycles. The average molecular weight is 660 g/mol.